The molecule has 10 heteroatoms. The van der Waals surface area contributed by atoms with Gasteiger partial charge in [-0.2, -0.15) is 0 Å². The van der Waals surface area contributed by atoms with Crippen LogP contribution in [0.2, 0.25) is 0 Å². The van der Waals surface area contributed by atoms with E-state index in [0.29, 0.717) is 23.2 Å². The summed E-state index contributed by atoms with van der Waals surface area (Å²) in [4.78, 5) is 27.2. The Morgan fingerprint density at radius 2 is 2.07 bits per heavy atom. The predicted molar refractivity (Wildman–Crippen MR) is 106 cm³/mol. The van der Waals surface area contributed by atoms with E-state index in [0.717, 1.165) is 0 Å². The standard InChI is InChI=1S/C19H17N3O6S/c23-18(9-12-7-8-29(26,27)11-12)20-15-4-2-1-3-14(15)19-21-16-6-5-13(22(24)25)10-17(16)28-19/h1-6,10,12H,7-9,11H2,(H,20,23). The fourth-order valence-electron chi connectivity index (χ4n) is 3.42. The first-order valence-corrected chi connectivity index (χ1v) is 10.8. The quantitative estimate of drug-likeness (QED) is 0.500. The molecule has 0 saturated carbocycles. The van der Waals surface area contributed by atoms with Crippen molar-refractivity contribution in [2.75, 3.05) is 16.8 Å². The van der Waals surface area contributed by atoms with Crippen LogP contribution in [0.15, 0.2) is 46.9 Å². The van der Waals surface area contributed by atoms with Gasteiger partial charge in [-0.1, -0.05) is 12.1 Å². The maximum atomic E-state index is 12.4. The molecule has 3 aromatic rings. The van der Waals surface area contributed by atoms with E-state index in [9.17, 15) is 23.3 Å². The third kappa shape index (κ3) is 4.11. The molecule has 29 heavy (non-hydrogen) atoms. The van der Waals surface area contributed by atoms with Crippen LogP contribution in [0.25, 0.3) is 22.6 Å². The third-order valence-electron chi connectivity index (χ3n) is 4.82. The molecule has 150 valence electrons. The fraction of sp³-hybridized carbons (Fsp3) is 0.263. The highest BCUT2D eigenvalue weighted by Gasteiger charge is 2.29. The highest BCUT2D eigenvalue weighted by molar-refractivity contribution is 7.91. The van der Waals surface area contributed by atoms with Gasteiger partial charge >= 0.3 is 0 Å². The Hall–Kier alpha value is -3.27. The van der Waals surface area contributed by atoms with Crippen molar-refractivity contribution in [2.24, 2.45) is 5.92 Å². The molecule has 0 bridgehead atoms. The Balaban J connectivity index is 1.57. The van der Waals surface area contributed by atoms with Gasteiger partial charge in [0.15, 0.2) is 15.4 Å². The lowest BCUT2D eigenvalue weighted by Gasteiger charge is -2.11. The molecule has 1 aliphatic heterocycles. The van der Waals surface area contributed by atoms with E-state index < -0.39 is 14.8 Å². The zero-order valence-corrected chi connectivity index (χ0v) is 16.0. The Morgan fingerprint density at radius 3 is 2.79 bits per heavy atom. The Kier molecular flexibility index (Phi) is 4.79. The molecule has 2 aromatic carbocycles. The molecule has 0 aliphatic carbocycles. The second-order valence-electron chi connectivity index (χ2n) is 7.00. The van der Waals surface area contributed by atoms with Crippen molar-refractivity contribution in [3.63, 3.8) is 0 Å². The average molecular weight is 415 g/mol. The predicted octanol–water partition coefficient (Wildman–Crippen LogP) is 3.17. The minimum absolute atomic E-state index is 0.0337. The van der Waals surface area contributed by atoms with Gasteiger partial charge in [-0.25, -0.2) is 13.4 Å². The van der Waals surface area contributed by atoms with Crippen molar-refractivity contribution in [3.8, 4) is 11.5 Å². The number of oxazole rings is 1. The van der Waals surface area contributed by atoms with E-state index in [1.165, 1.54) is 18.2 Å². The molecule has 1 aromatic heterocycles. The monoisotopic (exact) mass is 415 g/mol. The van der Waals surface area contributed by atoms with Crippen LogP contribution in [0.1, 0.15) is 12.8 Å². The van der Waals surface area contributed by atoms with Gasteiger partial charge in [-0.3, -0.25) is 14.9 Å². The number of nitro benzene ring substituents is 1. The molecule has 1 unspecified atom stereocenters. The van der Waals surface area contributed by atoms with Gasteiger partial charge in [0, 0.05) is 12.5 Å². The molecule has 1 N–H and O–H groups in total. The number of carbonyl (C=O) groups is 1. The minimum Gasteiger partial charge on any atom is -0.436 e. The summed E-state index contributed by atoms with van der Waals surface area (Å²) in [6.45, 7) is 0. The van der Waals surface area contributed by atoms with E-state index in [1.54, 1.807) is 24.3 Å². The van der Waals surface area contributed by atoms with Crippen LogP contribution < -0.4 is 5.32 Å². The first-order valence-electron chi connectivity index (χ1n) is 8.95. The molecule has 2 heterocycles. The lowest BCUT2D eigenvalue weighted by atomic mass is 10.0. The van der Waals surface area contributed by atoms with E-state index in [4.69, 9.17) is 4.42 Å². The number of rotatable bonds is 5. The number of nitrogens with zero attached hydrogens (tertiary/aromatic N) is 2. The molecule has 9 nitrogen and oxygen atoms in total. The number of hydrogen-bond acceptors (Lipinski definition) is 7. The normalized spacial score (nSPS) is 18.0. The van der Waals surface area contributed by atoms with Crippen molar-refractivity contribution in [1.82, 2.24) is 4.98 Å². The SMILES string of the molecule is O=C(CC1CCS(=O)(=O)C1)Nc1ccccc1-c1nc2ccc([N+](=O)[O-])cc2o1. The fourth-order valence-corrected chi connectivity index (χ4v) is 5.28. The number of nitrogens with one attached hydrogen (secondary N) is 1. The Labute approximate surface area is 165 Å². The lowest BCUT2D eigenvalue weighted by molar-refractivity contribution is -0.384. The number of hydrogen-bond donors (Lipinski definition) is 1. The van der Waals surface area contributed by atoms with Crippen molar-refractivity contribution in [2.45, 2.75) is 12.8 Å². The molecular weight excluding hydrogens is 398 g/mol. The first-order chi connectivity index (χ1) is 13.8. The summed E-state index contributed by atoms with van der Waals surface area (Å²) in [6.07, 6.45) is 0.606. The van der Waals surface area contributed by atoms with Crippen molar-refractivity contribution in [3.05, 3.63) is 52.6 Å². The van der Waals surface area contributed by atoms with Crippen LogP contribution in [0.5, 0.6) is 0 Å². The highest BCUT2D eigenvalue weighted by atomic mass is 32.2. The number of aromatic nitrogens is 1. The van der Waals surface area contributed by atoms with E-state index in [1.807, 2.05) is 0 Å². The van der Waals surface area contributed by atoms with Gasteiger partial charge in [-0.05, 0) is 30.5 Å². The number of sulfone groups is 1. The average Bonchev–Trinajstić information content (AvgIpc) is 3.23. The smallest absolute Gasteiger partial charge is 0.273 e. The number of amides is 1. The zero-order valence-electron chi connectivity index (χ0n) is 15.2. The third-order valence-corrected chi connectivity index (χ3v) is 6.65. The second kappa shape index (κ2) is 7.28. The Bertz CT molecular complexity index is 1220. The van der Waals surface area contributed by atoms with Gasteiger partial charge in [0.2, 0.25) is 11.8 Å². The summed E-state index contributed by atoms with van der Waals surface area (Å²) in [5.74, 6) is -0.0917. The van der Waals surface area contributed by atoms with Crippen LogP contribution >= 0.6 is 0 Å². The molecule has 1 saturated heterocycles. The number of fused-ring (bicyclic) bond motifs is 1. The molecule has 0 spiro atoms. The number of carbonyl (C=O) groups excluding carboxylic acids is 1. The van der Waals surface area contributed by atoms with Crippen molar-refractivity contribution >= 4 is 38.2 Å². The minimum atomic E-state index is -3.04. The number of anilines is 1. The summed E-state index contributed by atoms with van der Waals surface area (Å²) in [7, 11) is -3.04. The lowest BCUT2D eigenvalue weighted by Crippen LogP contribution is -2.17. The van der Waals surface area contributed by atoms with Gasteiger partial charge < -0.3 is 9.73 Å². The summed E-state index contributed by atoms with van der Waals surface area (Å²) in [5.41, 5.74) is 1.63. The molecular formula is C19H17N3O6S. The first kappa shape index (κ1) is 19.1. The second-order valence-corrected chi connectivity index (χ2v) is 9.22. The molecule has 0 radical (unpaired) electrons. The summed E-state index contributed by atoms with van der Waals surface area (Å²) >= 11 is 0. The van der Waals surface area contributed by atoms with Gasteiger partial charge in [0.05, 0.1) is 33.7 Å². The number of benzene rings is 2. The number of para-hydroxylation sites is 1. The summed E-state index contributed by atoms with van der Waals surface area (Å²) < 4.78 is 28.8. The summed E-state index contributed by atoms with van der Waals surface area (Å²) in [6, 6.07) is 11.1. The van der Waals surface area contributed by atoms with E-state index in [2.05, 4.69) is 10.3 Å². The maximum absolute atomic E-state index is 12.4. The number of nitro groups is 1. The zero-order chi connectivity index (χ0) is 20.6. The van der Waals surface area contributed by atoms with Crippen LogP contribution in [-0.4, -0.2) is 35.7 Å². The highest BCUT2D eigenvalue weighted by Crippen LogP contribution is 2.32. The van der Waals surface area contributed by atoms with E-state index in [-0.39, 0.29) is 46.9 Å². The van der Waals surface area contributed by atoms with Crippen molar-refractivity contribution in [1.29, 1.82) is 0 Å². The molecule has 4 rings (SSSR count). The number of non-ortho nitro benzene ring substituents is 1. The van der Waals surface area contributed by atoms with Crippen molar-refractivity contribution < 1.29 is 22.6 Å². The maximum Gasteiger partial charge on any atom is 0.273 e. The van der Waals surface area contributed by atoms with Crippen LogP contribution in [-0.2, 0) is 14.6 Å². The van der Waals surface area contributed by atoms with E-state index >= 15 is 0 Å². The molecule has 1 amide bonds. The van der Waals surface area contributed by atoms with Gasteiger partial charge in [0.1, 0.15) is 5.52 Å². The van der Waals surface area contributed by atoms with Crippen LogP contribution in [0.4, 0.5) is 11.4 Å². The van der Waals surface area contributed by atoms with Gasteiger partial charge in [0.25, 0.3) is 5.69 Å². The molecule has 1 fully saturated rings. The summed E-state index contributed by atoms with van der Waals surface area (Å²) in [5, 5.41) is 13.7. The van der Waals surface area contributed by atoms with Gasteiger partial charge in [-0.15, -0.1) is 0 Å². The Morgan fingerprint density at radius 1 is 1.28 bits per heavy atom. The van der Waals surface area contributed by atoms with Crippen LogP contribution in [0, 0.1) is 16.0 Å². The molecule has 1 atom stereocenters. The molecule has 1 aliphatic rings. The largest absolute Gasteiger partial charge is 0.436 e. The topological polar surface area (TPSA) is 132 Å². The van der Waals surface area contributed by atoms with Crippen LogP contribution in [0.3, 0.4) is 0 Å².